The normalized spacial score (nSPS) is 13.7. The lowest BCUT2D eigenvalue weighted by Crippen LogP contribution is -2.29. The molecule has 2 aromatic carbocycles. The fraction of sp³-hybridized carbons (Fsp3) is 0.280. The highest BCUT2D eigenvalue weighted by molar-refractivity contribution is 6.00. The molecule has 0 unspecified atom stereocenters. The fourth-order valence-corrected chi connectivity index (χ4v) is 3.68. The number of hydrogen-bond donors (Lipinski definition) is 0. The zero-order chi connectivity index (χ0) is 23.3. The van der Waals surface area contributed by atoms with Crippen LogP contribution in [0.1, 0.15) is 24.0 Å². The fourth-order valence-electron chi connectivity index (χ4n) is 3.68. The first-order valence-electron chi connectivity index (χ1n) is 10.2. The number of aryl methyl sites for hydroxylation is 1. The molecule has 0 spiro atoms. The number of rotatable bonds is 7. The van der Waals surface area contributed by atoms with Crippen molar-refractivity contribution in [1.82, 2.24) is 0 Å². The highest BCUT2D eigenvalue weighted by Crippen LogP contribution is 2.43. The van der Waals surface area contributed by atoms with E-state index in [2.05, 4.69) is 6.92 Å². The predicted molar refractivity (Wildman–Crippen MR) is 121 cm³/mol. The summed E-state index contributed by atoms with van der Waals surface area (Å²) < 4.78 is 21.0. The number of methoxy groups -OCH3 is 4. The van der Waals surface area contributed by atoms with Crippen LogP contribution in [-0.4, -0.2) is 40.4 Å². The number of ether oxygens (including phenoxy) is 4. The van der Waals surface area contributed by atoms with E-state index in [4.69, 9.17) is 18.9 Å². The Hall–Kier alpha value is -3.74. The second-order valence-corrected chi connectivity index (χ2v) is 7.12. The summed E-state index contributed by atoms with van der Waals surface area (Å²) in [6, 6.07) is 13.1. The van der Waals surface area contributed by atoms with E-state index in [0.29, 0.717) is 17.1 Å². The molecule has 1 heterocycles. The van der Waals surface area contributed by atoms with Crippen LogP contribution >= 0.6 is 0 Å². The quantitative estimate of drug-likeness (QED) is 0.607. The van der Waals surface area contributed by atoms with Crippen LogP contribution in [0.4, 0.5) is 5.69 Å². The molecular formula is C25H27NO6. The summed E-state index contributed by atoms with van der Waals surface area (Å²) in [5, 5.41) is 0. The number of carbonyl (C=O) groups excluding carboxylic acids is 2. The molecular weight excluding hydrogens is 410 g/mol. The van der Waals surface area contributed by atoms with Gasteiger partial charge in [0.15, 0.2) is 0 Å². The molecule has 0 aromatic heterocycles. The zero-order valence-corrected chi connectivity index (χ0v) is 18.9. The third-order valence-corrected chi connectivity index (χ3v) is 5.41. The van der Waals surface area contributed by atoms with E-state index in [1.165, 1.54) is 26.9 Å². The van der Waals surface area contributed by atoms with Crippen molar-refractivity contribution in [3.8, 4) is 11.5 Å². The maximum Gasteiger partial charge on any atom is 0.336 e. The minimum atomic E-state index is -0.748. The van der Waals surface area contributed by atoms with Crippen LogP contribution < -0.4 is 14.4 Å². The Morgan fingerprint density at radius 1 is 0.844 bits per heavy atom. The van der Waals surface area contributed by atoms with Gasteiger partial charge in [-0.25, -0.2) is 9.59 Å². The molecule has 0 radical (unpaired) electrons. The summed E-state index contributed by atoms with van der Waals surface area (Å²) in [5.74, 6) is -0.803. The largest absolute Gasteiger partial charge is 0.497 e. The van der Waals surface area contributed by atoms with Gasteiger partial charge in [-0.2, -0.15) is 0 Å². The molecule has 7 nitrogen and oxygen atoms in total. The van der Waals surface area contributed by atoms with E-state index in [1.807, 2.05) is 24.3 Å². The topological polar surface area (TPSA) is 74.3 Å². The zero-order valence-electron chi connectivity index (χ0n) is 18.9. The molecule has 0 amide bonds. The molecule has 0 saturated carbocycles. The average Bonchev–Trinajstić information content (AvgIpc) is 2.86. The van der Waals surface area contributed by atoms with Gasteiger partial charge in [0.2, 0.25) is 0 Å². The maximum atomic E-state index is 12.8. The van der Waals surface area contributed by atoms with E-state index in [0.717, 1.165) is 12.1 Å². The minimum Gasteiger partial charge on any atom is -0.497 e. The first kappa shape index (κ1) is 22.9. The van der Waals surface area contributed by atoms with Crippen LogP contribution in [0.2, 0.25) is 0 Å². The van der Waals surface area contributed by atoms with E-state index in [-0.39, 0.29) is 11.1 Å². The Balaban J connectivity index is 2.19. The summed E-state index contributed by atoms with van der Waals surface area (Å²) in [6.45, 7) is 2.08. The monoisotopic (exact) mass is 437 g/mol. The minimum absolute atomic E-state index is 0.276. The molecule has 168 valence electrons. The van der Waals surface area contributed by atoms with Crippen molar-refractivity contribution in [2.45, 2.75) is 19.3 Å². The molecule has 0 N–H and O–H groups in total. The SMILES string of the molecule is CCc1ccc(N2C=C(C(=O)OC)C(c3ccc(OC)cc3OC)C(C(=O)OC)=C2)cc1. The van der Waals surface area contributed by atoms with Crippen molar-refractivity contribution >= 4 is 17.6 Å². The Morgan fingerprint density at radius 2 is 1.44 bits per heavy atom. The molecule has 0 bridgehead atoms. The van der Waals surface area contributed by atoms with Crippen molar-refractivity contribution in [1.29, 1.82) is 0 Å². The number of hydrogen-bond acceptors (Lipinski definition) is 7. The standard InChI is InChI=1S/C25H27NO6/c1-6-16-7-9-17(10-8-16)26-14-20(24(27)31-4)23(21(15-26)25(28)32-5)19-12-11-18(29-2)13-22(19)30-3/h7-15,23H,6H2,1-5H3. The van der Waals surface area contributed by atoms with Gasteiger partial charge < -0.3 is 23.8 Å². The Bertz CT molecular complexity index is 1020. The van der Waals surface area contributed by atoms with E-state index < -0.39 is 17.9 Å². The van der Waals surface area contributed by atoms with Crippen molar-refractivity contribution in [2.24, 2.45) is 0 Å². The van der Waals surface area contributed by atoms with Crippen LogP contribution in [0, 0.1) is 0 Å². The lowest BCUT2D eigenvalue weighted by atomic mass is 9.82. The van der Waals surface area contributed by atoms with Crippen molar-refractivity contribution in [3.05, 3.63) is 77.1 Å². The molecule has 1 aliphatic heterocycles. The molecule has 0 fully saturated rings. The van der Waals surface area contributed by atoms with Gasteiger partial charge in [-0.1, -0.05) is 25.1 Å². The lowest BCUT2D eigenvalue weighted by molar-refractivity contribution is -0.137. The van der Waals surface area contributed by atoms with E-state index >= 15 is 0 Å². The van der Waals surface area contributed by atoms with Gasteiger partial charge in [-0.15, -0.1) is 0 Å². The number of nitrogens with zero attached hydrogens (tertiary/aromatic N) is 1. The van der Waals surface area contributed by atoms with Gasteiger partial charge in [-0.3, -0.25) is 0 Å². The molecule has 1 aliphatic rings. The smallest absolute Gasteiger partial charge is 0.336 e. The summed E-state index contributed by atoms with van der Waals surface area (Å²) in [4.78, 5) is 27.4. The van der Waals surface area contributed by atoms with Gasteiger partial charge >= 0.3 is 11.9 Å². The van der Waals surface area contributed by atoms with E-state index in [1.54, 1.807) is 42.6 Å². The van der Waals surface area contributed by atoms with Crippen LogP contribution in [0.15, 0.2) is 66.0 Å². The predicted octanol–water partition coefficient (Wildman–Crippen LogP) is 3.98. The highest BCUT2D eigenvalue weighted by Gasteiger charge is 2.37. The molecule has 7 heteroatoms. The lowest BCUT2D eigenvalue weighted by Gasteiger charge is -2.31. The summed E-state index contributed by atoms with van der Waals surface area (Å²) in [6.07, 6.45) is 4.26. The average molecular weight is 437 g/mol. The summed E-state index contributed by atoms with van der Waals surface area (Å²) >= 11 is 0. The molecule has 0 saturated heterocycles. The van der Waals surface area contributed by atoms with Crippen molar-refractivity contribution in [3.63, 3.8) is 0 Å². The van der Waals surface area contributed by atoms with Crippen molar-refractivity contribution in [2.75, 3.05) is 33.3 Å². The Morgan fingerprint density at radius 3 is 1.91 bits per heavy atom. The summed E-state index contributed by atoms with van der Waals surface area (Å²) in [7, 11) is 5.69. The van der Waals surface area contributed by atoms with Crippen LogP contribution in [0.25, 0.3) is 0 Å². The highest BCUT2D eigenvalue weighted by atomic mass is 16.5. The molecule has 0 aliphatic carbocycles. The Kier molecular flexibility index (Phi) is 7.20. The van der Waals surface area contributed by atoms with Gasteiger partial charge in [0.1, 0.15) is 11.5 Å². The van der Waals surface area contributed by atoms with Gasteiger partial charge in [-0.05, 0) is 30.2 Å². The summed E-state index contributed by atoms with van der Waals surface area (Å²) in [5.41, 5.74) is 3.14. The second kappa shape index (κ2) is 10.0. The molecule has 2 aromatic rings. The van der Waals surface area contributed by atoms with E-state index in [9.17, 15) is 9.59 Å². The first-order valence-corrected chi connectivity index (χ1v) is 10.2. The van der Waals surface area contributed by atoms with Crippen LogP contribution in [0.5, 0.6) is 11.5 Å². The third kappa shape index (κ3) is 4.46. The number of anilines is 1. The first-order chi connectivity index (χ1) is 15.5. The third-order valence-electron chi connectivity index (χ3n) is 5.41. The number of benzene rings is 2. The van der Waals surface area contributed by atoms with Crippen LogP contribution in [-0.2, 0) is 25.5 Å². The van der Waals surface area contributed by atoms with Gasteiger partial charge in [0.05, 0.1) is 45.5 Å². The van der Waals surface area contributed by atoms with Crippen LogP contribution in [0.3, 0.4) is 0 Å². The molecule has 3 rings (SSSR count). The second-order valence-electron chi connectivity index (χ2n) is 7.12. The van der Waals surface area contributed by atoms with Crippen molar-refractivity contribution < 1.29 is 28.5 Å². The molecule has 0 atom stereocenters. The maximum absolute atomic E-state index is 12.8. The number of carbonyl (C=O) groups is 2. The molecule has 32 heavy (non-hydrogen) atoms. The van der Waals surface area contributed by atoms with Gasteiger partial charge in [0, 0.05) is 29.7 Å². The Labute approximate surface area is 187 Å². The number of esters is 2. The van der Waals surface area contributed by atoms with Gasteiger partial charge in [0.25, 0.3) is 0 Å².